The summed E-state index contributed by atoms with van der Waals surface area (Å²) in [6.07, 6.45) is 4.41. The molecule has 0 saturated carbocycles. The Hall–Kier alpha value is -4.29. The lowest BCUT2D eigenvalue weighted by atomic mass is 10.1. The van der Waals surface area contributed by atoms with Crippen molar-refractivity contribution in [3.63, 3.8) is 0 Å². The van der Waals surface area contributed by atoms with Gasteiger partial charge in [0.2, 0.25) is 5.13 Å². The molecule has 0 spiro atoms. The number of H-pyrrole nitrogens is 1. The summed E-state index contributed by atoms with van der Waals surface area (Å²) in [5.41, 5.74) is 3.33. The van der Waals surface area contributed by atoms with E-state index in [-0.39, 0.29) is 6.42 Å². The van der Waals surface area contributed by atoms with E-state index in [1.807, 2.05) is 12.1 Å². The van der Waals surface area contributed by atoms with E-state index in [0.717, 1.165) is 10.9 Å². The van der Waals surface area contributed by atoms with Crippen molar-refractivity contribution in [2.24, 2.45) is 7.05 Å². The van der Waals surface area contributed by atoms with Gasteiger partial charge >= 0.3 is 5.97 Å². The van der Waals surface area contributed by atoms with Crippen LogP contribution in [0, 0.1) is 0 Å². The predicted molar refractivity (Wildman–Crippen MR) is 132 cm³/mol. The molecule has 4 N–H and O–H groups in total. The molecule has 11 nitrogen and oxygen atoms in total. The fourth-order valence-corrected chi connectivity index (χ4v) is 4.47. The molecule has 1 amide bonds. The van der Waals surface area contributed by atoms with Gasteiger partial charge in [-0.05, 0) is 23.8 Å². The minimum atomic E-state index is -1.01. The van der Waals surface area contributed by atoms with Gasteiger partial charge in [0, 0.05) is 29.9 Å². The average Bonchev–Trinajstić information content (AvgIpc) is 3.58. The number of aliphatic carboxylic acids is 1. The van der Waals surface area contributed by atoms with Gasteiger partial charge in [0.05, 0.1) is 40.6 Å². The molecule has 3 heterocycles. The van der Waals surface area contributed by atoms with Gasteiger partial charge < -0.3 is 15.7 Å². The third-order valence-electron chi connectivity index (χ3n) is 5.14. The van der Waals surface area contributed by atoms with Crippen molar-refractivity contribution in [1.29, 1.82) is 0 Å². The molecular weight excluding hydrogens is 492 g/mol. The van der Waals surface area contributed by atoms with Crippen molar-refractivity contribution in [1.82, 2.24) is 30.2 Å². The van der Waals surface area contributed by atoms with Crippen molar-refractivity contribution in [2.75, 3.05) is 10.6 Å². The molecule has 0 bridgehead atoms. The fraction of sp³-hybridized carbons (Fsp3) is 0.0909. The van der Waals surface area contributed by atoms with Gasteiger partial charge in [-0.2, -0.15) is 10.2 Å². The Morgan fingerprint density at radius 2 is 2.03 bits per heavy atom. The summed E-state index contributed by atoms with van der Waals surface area (Å²) in [4.78, 5) is 24.0. The zero-order valence-corrected chi connectivity index (χ0v) is 19.7. The number of aromatic nitrogens is 6. The van der Waals surface area contributed by atoms with Crippen molar-refractivity contribution in [3.05, 3.63) is 65.1 Å². The molecule has 0 radical (unpaired) electrons. The SMILES string of the molecule is Cn1cc(C(=O)Nc2cc(-c3nnc(Nc4ccc5[nH]ncc5c4Cl)s3)ccc2CC(=O)O)cn1. The number of anilines is 3. The number of carbonyl (C=O) groups excluding carboxylic acids is 1. The van der Waals surface area contributed by atoms with E-state index in [9.17, 15) is 14.7 Å². The second kappa shape index (κ2) is 9.16. The van der Waals surface area contributed by atoms with Gasteiger partial charge in [0.1, 0.15) is 5.01 Å². The fourth-order valence-electron chi connectivity index (χ4n) is 3.46. The largest absolute Gasteiger partial charge is 0.481 e. The first-order chi connectivity index (χ1) is 16.9. The van der Waals surface area contributed by atoms with Crippen LogP contribution in [0.3, 0.4) is 0 Å². The van der Waals surface area contributed by atoms with Crippen LogP contribution < -0.4 is 10.6 Å². The Bertz CT molecular complexity index is 1570. The van der Waals surface area contributed by atoms with Gasteiger partial charge in [-0.3, -0.25) is 19.4 Å². The monoisotopic (exact) mass is 508 g/mol. The number of aryl methyl sites for hydroxylation is 1. The van der Waals surface area contributed by atoms with E-state index in [4.69, 9.17) is 11.6 Å². The lowest BCUT2D eigenvalue weighted by molar-refractivity contribution is -0.136. The number of carboxylic acids is 1. The van der Waals surface area contributed by atoms with Crippen molar-refractivity contribution < 1.29 is 14.7 Å². The molecule has 0 aliphatic rings. The summed E-state index contributed by atoms with van der Waals surface area (Å²) < 4.78 is 1.51. The maximum atomic E-state index is 12.7. The molecule has 176 valence electrons. The number of nitrogens with one attached hydrogen (secondary N) is 3. The van der Waals surface area contributed by atoms with E-state index in [1.165, 1.54) is 22.2 Å². The second-order valence-electron chi connectivity index (χ2n) is 7.59. The van der Waals surface area contributed by atoms with Crippen LogP contribution in [0.25, 0.3) is 21.5 Å². The summed E-state index contributed by atoms with van der Waals surface area (Å²) in [6, 6.07) is 8.75. The van der Waals surface area contributed by atoms with Gasteiger partial charge in [-0.25, -0.2) is 0 Å². The van der Waals surface area contributed by atoms with Crippen LogP contribution in [-0.4, -0.2) is 47.2 Å². The van der Waals surface area contributed by atoms with E-state index in [0.29, 0.717) is 43.2 Å². The highest BCUT2D eigenvalue weighted by Gasteiger charge is 2.16. The number of halogens is 1. The van der Waals surface area contributed by atoms with Crippen molar-refractivity contribution in [3.8, 4) is 10.6 Å². The van der Waals surface area contributed by atoms with Crippen LogP contribution in [0.4, 0.5) is 16.5 Å². The van der Waals surface area contributed by atoms with Crippen LogP contribution in [0.1, 0.15) is 15.9 Å². The van der Waals surface area contributed by atoms with Gasteiger partial charge in [0.15, 0.2) is 0 Å². The highest BCUT2D eigenvalue weighted by Crippen LogP contribution is 2.35. The van der Waals surface area contributed by atoms with Gasteiger partial charge in [0.25, 0.3) is 5.91 Å². The summed E-state index contributed by atoms with van der Waals surface area (Å²) in [7, 11) is 1.70. The summed E-state index contributed by atoms with van der Waals surface area (Å²) in [6.45, 7) is 0. The normalized spacial score (nSPS) is 11.0. The lowest BCUT2D eigenvalue weighted by Gasteiger charge is -2.11. The maximum absolute atomic E-state index is 12.7. The third kappa shape index (κ3) is 4.69. The van der Waals surface area contributed by atoms with Crippen LogP contribution in [0.15, 0.2) is 48.9 Å². The minimum absolute atomic E-state index is 0.249. The van der Waals surface area contributed by atoms with E-state index >= 15 is 0 Å². The molecule has 0 atom stereocenters. The zero-order valence-electron chi connectivity index (χ0n) is 18.1. The number of nitrogens with zero attached hydrogens (tertiary/aromatic N) is 5. The second-order valence-corrected chi connectivity index (χ2v) is 8.95. The highest BCUT2D eigenvalue weighted by molar-refractivity contribution is 7.18. The molecule has 0 saturated heterocycles. The molecule has 3 aromatic heterocycles. The van der Waals surface area contributed by atoms with Crippen molar-refractivity contribution >= 4 is 62.2 Å². The Balaban J connectivity index is 1.42. The average molecular weight is 509 g/mol. The Morgan fingerprint density at radius 3 is 2.80 bits per heavy atom. The molecule has 2 aromatic carbocycles. The highest BCUT2D eigenvalue weighted by atomic mass is 35.5. The summed E-state index contributed by atoms with van der Waals surface area (Å²) >= 11 is 7.76. The first-order valence-corrected chi connectivity index (χ1v) is 11.4. The molecule has 13 heteroatoms. The molecule has 35 heavy (non-hydrogen) atoms. The number of fused-ring (bicyclic) bond motifs is 1. The number of carboxylic acid groups (broad SMARTS) is 1. The first kappa shape index (κ1) is 22.5. The quantitative estimate of drug-likeness (QED) is 0.256. The Morgan fingerprint density at radius 1 is 1.17 bits per heavy atom. The molecule has 0 unspecified atom stereocenters. The van der Waals surface area contributed by atoms with Crippen LogP contribution in [0.5, 0.6) is 0 Å². The number of hydrogen-bond donors (Lipinski definition) is 4. The molecule has 5 aromatic rings. The Labute approximate surface area is 206 Å². The van der Waals surface area contributed by atoms with Gasteiger partial charge in [-0.1, -0.05) is 35.1 Å². The summed E-state index contributed by atoms with van der Waals surface area (Å²) in [5.74, 6) is -1.41. The molecular formula is C22H17ClN8O3S. The third-order valence-corrected chi connectivity index (χ3v) is 6.43. The van der Waals surface area contributed by atoms with E-state index < -0.39 is 11.9 Å². The van der Waals surface area contributed by atoms with Crippen molar-refractivity contribution in [2.45, 2.75) is 6.42 Å². The Kier molecular flexibility index (Phi) is 5.89. The number of aromatic amines is 1. The molecule has 0 aliphatic heterocycles. The smallest absolute Gasteiger partial charge is 0.307 e. The van der Waals surface area contributed by atoms with Crippen LogP contribution >= 0.6 is 22.9 Å². The summed E-state index contributed by atoms with van der Waals surface area (Å²) in [5, 5.41) is 36.9. The molecule has 0 fully saturated rings. The number of carbonyl (C=O) groups is 2. The number of amides is 1. The molecule has 5 rings (SSSR count). The topological polar surface area (TPSA) is 151 Å². The number of rotatable bonds is 7. The first-order valence-electron chi connectivity index (χ1n) is 10.2. The standard InChI is InChI=1S/C22H17ClN8O3S/c1-31-10-13(8-25-31)20(34)26-17-6-12(3-2-11(17)7-18(32)33)21-29-30-22(35-21)27-16-5-4-15-14(19(16)23)9-24-28-15/h2-6,8-10H,7H2,1H3,(H,24,28)(H,26,34)(H,27,30)(H,32,33). The zero-order chi connectivity index (χ0) is 24.5. The van der Waals surface area contributed by atoms with E-state index in [1.54, 1.807) is 37.6 Å². The minimum Gasteiger partial charge on any atom is -0.481 e. The van der Waals surface area contributed by atoms with E-state index in [2.05, 4.69) is 36.1 Å². The van der Waals surface area contributed by atoms with Gasteiger partial charge in [-0.15, -0.1) is 10.2 Å². The lowest BCUT2D eigenvalue weighted by Crippen LogP contribution is -2.14. The predicted octanol–water partition coefficient (Wildman–Crippen LogP) is 4.09. The van der Waals surface area contributed by atoms with Crippen LogP contribution in [-0.2, 0) is 18.3 Å². The number of benzene rings is 2. The molecule has 0 aliphatic carbocycles. The maximum Gasteiger partial charge on any atom is 0.307 e. The number of hydrogen-bond acceptors (Lipinski definition) is 8. The van der Waals surface area contributed by atoms with Crippen LogP contribution in [0.2, 0.25) is 5.02 Å².